The molecule has 0 aliphatic heterocycles. The average molecular weight is 269 g/mol. The summed E-state index contributed by atoms with van der Waals surface area (Å²) in [5.74, 6) is -3.14. The summed E-state index contributed by atoms with van der Waals surface area (Å²) >= 11 is 0. The molecule has 1 amide bonds. The summed E-state index contributed by atoms with van der Waals surface area (Å²) in [6, 6.07) is 2.52. The maximum atomic E-state index is 13.9. The summed E-state index contributed by atoms with van der Waals surface area (Å²) in [4.78, 5) is 22.2. The van der Waals surface area contributed by atoms with Crippen LogP contribution in [0.5, 0.6) is 5.75 Å². The van der Waals surface area contributed by atoms with Crippen molar-refractivity contribution in [2.45, 2.75) is 26.2 Å². The van der Waals surface area contributed by atoms with E-state index in [1.807, 2.05) is 0 Å². The molecule has 2 N–H and O–H groups in total. The second-order valence-electron chi connectivity index (χ2n) is 4.06. The Hall–Kier alpha value is -2.11. The summed E-state index contributed by atoms with van der Waals surface area (Å²) in [6.07, 6.45) is 0.286. The molecule has 0 aliphatic rings. The molecule has 1 aromatic rings. The molecule has 0 saturated heterocycles. The molecule has 19 heavy (non-hydrogen) atoms. The van der Waals surface area contributed by atoms with Crippen LogP contribution in [0, 0.1) is 5.82 Å². The number of methoxy groups -OCH3 is 1. The average Bonchev–Trinajstić information content (AvgIpc) is 2.28. The molecule has 0 saturated carbocycles. The number of hydrogen-bond donors (Lipinski definition) is 2. The van der Waals surface area contributed by atoms with Gasteiger partial charge >= 0.3 is 5.97 Å². The zero-order chi connectivity index (χ0) is 14.6. The number of carboxylic acids is 1. The Balaban J connectivity index is 3.36. The fourth-order valence-electron chi connectivity index (χ4n) is 1.89. The fraction of sp³-hybridized carbons (Fsp3) is 0.385. The predicted molar refractivity (Wildman–Crippen MR) is 67.9 cm³/mol. The van der Waals surface area contributed by atoms with Crippen molar-refractivity contribution in [3.8, 4) is 5.75 Å². The van der Waals surface area contributed by atoms with Crippen LogP contribution >= 0.6 is 0 Å². The molecular weight excluding hydrogens is 253 g/mol. The topological polar surface area (TPSA) is 75.6 Å². The predicted octanol–water partition coefficient (Wildman–Crippen LogP) is 2.37. The van der Waals surface area contributed by atoms with Gasteiger partial charge in [-0.1, -0.05) is 6.92 Å². The van der Waals surface area contributed by atoms with Gasteiger partial charge in [0.2, 0.25) is 5.91 Å². The van der Waals surface area contributed by atoms with Gasteiger partial charge in [-0.2, -0.15) is 0 Å². The lowest BCUT2D eigenvalue weighted by molar-refractivity contribution is -0.138. The number of nitrogens with one attached hydrogen (secondary N) is 1. The molecule has 6 heteroatoms. The number of halogens is 1. The van der Waals surface area contributed by atoms with E-state index in [1.165, 1.54) is 20.1 Å². The number of amides is 1. The van der Waals surface area contributed by atoms with Crippen LogP contribution in [0.4, 0.5) is 10.1 Å². The smallest absolute Gasteiger partial charge is 0.311 e. The maximum Gasteiger partial charge on any atom is 0.311 e. The summed E-state index contributed by atoms with van der Waals surface area (Å²) < 4.78 is 18.8. The van der Waals surface area contributed by atoms with Crippen LogP contribution in [0.2, 0.25) is 0 Å². The SMILES string of the molecule is CCC(C(=O)O)c1cc(NC(C)=O)cc(F)c1OC. The molecule has 5 nitrogen and oxygen atoms in total. The van der Waals surface area contributed by atoms with Crippen molar-refractivity contribution in [3.63, 3.8) is 0 Å². The number of benzene rings is 1. The van der Waals surface area contributed by atoms with Gasteiger partial charge < -0.3 is 15.2 Å². The Morgan fingerprint density at radius 2 is 2.11 bits per heavy atom. The highest BCUT2D eigenvalue weighted by atomic mass is 19.1. The number of aliphatic carboxylic acids is 1. The minimum absolute atomic E-state index is 0.108. The number of carbonyl (C=O) groups is 2. The van der Waals surface area contributed by atoms with E-state index in [1.54, 1.807) is 6.92 Å². The second kappa shape index (κ2) is 6.17. The lowest BCUT2D eigenvalue weighted by Gasteiger charge is -2.17. The molecule has 1 rings (SSSR count). The normalized spacial score (nSPS) is 11.8. The van der Waals surface area contributed by atoms with E-state index in [0.717, 1.165) is 6.07 Å². The molecular formula is C13H16FNO4. The van der Waals surface area contributed by atoms with E-state index in [2.05, 4.69) is 5.32 Å². The van der Waals surface area contributed by atoms with Gasteiger partial charge in [0, 0.05) is 24.2 Å². The van der Waals surface area contributed by atoms with Crippen molar-refractivity contribution in [1.82, 2.24) is 0 Å². The van der Waals surface area contributed by atoms with Crippen molar-refractivity contribution >= 4 is 17.6 Å². The fourth-order valence-corrected chi connectivity index (χ4v) is 1.89. The van der Waals surface area contributed by atoms with Gasteiger partial charge in [-0.15, -0.1) is 0 Å². The van der Waals surface area contributed by atoms with Gasteiger partial charge in [-0.05, 0) is 12.5 Å². The highest BCUT2D eigenvalue weighted by molar-refractivity contribution is 5.89. The number of hydrogen-bond acceptors (Lipinski definition) is 3. The molecule has 0 aliphatic carbocycles. The summed E-state index contributed by atoms with van der Waals surface area (Å²) in [7, 11) is 1.27. The van der Waals surface area contributed by atoms with Gasteiger partial charge in [0.15, 0.2) is 11.6 Å². The third kappa shape index (κ3) is 3.43. The van der Waals surface area contributed by atoms with Crippen LogP contribution in [0.3, 0.4) is 0 Å². The highest BCUT2D eigenvalue weighted by Gasteiger charge is 2.24. The summed E-state index contributed by atoms with van der Waals surface area (Å²) in [6.45, 7) is 2.97. The lowest BCUT2D eigenvalue weighted by Crippen LogP contribution is -2.14. The highest BCUT2D eigenvalue weighted by Crippen LogP contribution is 2.34. The first-order valence-electron chi connectivity index (χ1n) is 5.78. The Bertz CT molecular complexity index is 502. The summed E-state index contributed by atoms with van der Waals surface area (Å²) in [5, 5.41) is 11.6. The number of rotatable bonds is 5. The summed E-state index contributed by atoms with van der Waals surface area (Å²) in [5.41, 5.74) is 0.418. The number of ether oxygens (including phenoxy) is 1. The zero-order valence-corrected chi connectivity index (χ0v) is 11.0. The van der Waals surface area contributed by atoms with Crippen LogP contribution in [0.25, 0.3) is 0 Å². The van der Waals surface area contributed by atoms with Crippen molar-refractivity contribution in [2.24, 2.45) is 0 Å². The maximum absolute atomic E-state index is 13.9. The molecule has 1 atom stereocenters. The molecule has 104 valence electrons. The quantitative estimate of drug-likeness (QED) is 0.860. The number of carbonyl (C=O) groups excluding carboxylic acids is 1. The van der Waals surface area contributed by atoms with Crippen molar-refractivity contribution < 1.29 is 23.8 Å². The van der Waals surface area contributed by atoms with E-state index in [0.29, 0.717) is 0 Å². The van der Waals surface area contributed by atoms with Gasteiger partial charge in [-0.3, -0.25) is 9.59 Å². The van der Waals surface area contributed by atoms with Crippen molar-refractivity contribution in [1.29, 1.82) is 0 Å². The van der Waals surface area contributed by atoms with Crippen LogP contribution in [0.15, 0.2) is 12.1 Å². The van der Waals surface area contributed by atoms with Crippen LogP contribution in [-0.2, 0) is 9.59 Å². The van der Waals surface area contributed by atoms with Gasteiger partial charge in [0.05, 0.1) is 13.0 Å². The number of anilines is 1. The second-order valence-corrected chi connectivity index (χ2v) is 4.06. The van der Waals surface area contributed by atoms with E-state index in [4.69, 9.17) is 9.84 Å². The van der Waals surface area contributed by atoms with Gasteiger partial charge in [0.1, 0.15) is 0 Å². The first-order chi connectivity index (χ1) is 8.90. The number of carboxylic acid groups (broad SMARTS) is 1. The molecule has 0 heterocycles. The Labute approximate surface area is 110 Å². The monoisotopic (exact) mass is 269 g/mol. The molecule has 1 aromatic carbocycles. The first kappa shape index (κ1) is 14.9. The molecule has 0 radical (unpaired) electrons. The molecule has 0 fully saturated rings. The molecule has 0 bridgehead atoms. The van der Waals surface area contributed by atoms with Crippen molar-refractivity contribution in [2.75, 3.05) is 12.4 Å². The standard InChI is InChI=1S/C13H16FNO4/c1-4-9(13(17)18)10-5-8(15-7(2)16)6-11(14)12(10)19-3/h5-6,9H,4H2,1-3H3,(H,15,16)(H,17,18). The zero-order valence-electron chi connectivity index (χ0n) is 11.0. The third-order valence-electron chi connectivity index (χ3n) is 2.68. The van der Waals surface area contributed by atoms with E-state index >= 15 is 0 Å². The van der Waals surface area contributed by atoms with Crippen LogP contribution in [-0.4, -0.2) is 24.1 Å². The van der Waals surface area contributed by atoms with E-state index in [9.17, 15) is 14.0 Å². The Kier molecular flexibility index (Phi) is 4.86. The largest absolute Gasteiger partial charge is 0.493 e. The Morgan fingerprint density at radius 3 is 2.53 bits per heavy atom. The third-order valence-corrected chi connectivity index (χ3v) is 2.68. The van der Waals surface area contributed by atoms with Crippen LogP contribution in [0.1, 0.15) is 31.7 Å². The molecule has 1 unspecified atom stereocenters. The lowest BCUT2D eigenvalue weighted by atomic mass is 9.95. The molecule has 0 spiro atoms. The van der Waals surface area contributed by atoms with Crippen LogP contribution < -0.4 is 10.1 Å². The minimum Gasteiger partial charge on any atom is -0.493 e. The molecule has 0 aromatic heterocycles. The first-order valence-corrected chi connectivity index (χ1v) is 5.78. The van der Waals surface area contributed by atoms with E-state index < -0.39 is 17.7 Å². The Morgan fingerprint density at radius 1 is 1.47 bits per heavy atom. The van der Waals surface area contributed by atoms with Gasteiger partial charge in [0.25, 0.3) is 0 Å². The minimum atomic E-state index is -1.07. The van der Waals surface area contributed by atoms with Crippen molar-refractivity contribution in [3.05, 3.63) is 23.5 Å². The van der Waals surface area contributed by atoms with Gasteiger partial charge in [-0.25, -0.2) is 4.39 Å². The van der Waals surface area contributed by atoms with E-state index in [-0.39, 0.29) is 29.3 Å².